The van der Waals surface area contributed by atoms with Crippen LogP contribution < -0.4 is 4.74 Å². The van der Waals surface area contributed by atoms with Gasteiger partial charge in [-0.3, -0.25) is 4.79 Å². The summed E-state index contributed by atoms with van der Waals surface area (Å²) in [5.41, 5.74) is 0.750. The van der Waals surface area contributed by atoms with E-state index in [9.17, 15) is 4.79 Å². The van der Waals surface area contributed by atoms with E-state index in [1.807, 2.05) is 38.3 Å². The third-order valence-corrected chi connectivity index (χ3v) is 3.30. The van der Waals surface area contributed by atoms with Crippen molar-refractivity contribution in [2.45, 2.75) is 23.6 Å². The Morgan fingerprint density at radius 2 is 2.25 bits per heavy atom. The molecule has 16 heavy (non-hydrogen) atoms. The molecule has 0 aliphatic heterocycles. The largest absolute Gasteiger partial charge is 0.494 e. The summed E-state index contributed by atoms with van der Waals surface area (Å²) >= 11 is 4.86. The van der Waals surface area contributed by atoms with Crippen molar-refractivity contribution in [1.29, 1.82) is 0 Å². The Morgan fingerprint density at radius 1 is 1.56 bits per heavy atom. The Labute approximate surface area is 109 Å². The molecule has 0 N–H and O–H groups in total. The van der Waals surface area contributed by atoms with E-state index >= 15 is 0 Å². The Morgan fingerprint density at radius 3 is 2.75 bits per heavy atom. The lowest BCUT2D eigenvalue weighted by Crippen LogP contribution is -2.11. The number of carbonyl (C=O) groups is 1. The van der Waals surface area contributed by atoms with Crippen molar-refractivity contribution in [2.75, 3.05) is 12.9 Å². The van der Waals surface area contributed by atoms with Crippen molar-refractivity contribution in [1.82, 2.24) is 0 Å². The van der Waals surface area contributed by atoms with Crippen molar-refractivity contribution in [3.05, 3.63) is 23.8 Å². The molecule has 0 aromatic heterocycles. The van der Waals surface area contributed by atoms with Gasteiger partial charge in [0.05, 0.1) is 11.4 Å². The lowest BCUT2D eigenvalue weighted by molar-refractivity contribution is 0.0993. The molecule has 0 radical (unpaired) electrons. The van der Waals surface area contributed by atoms with Crippen LogP contribution in [0.3, 0.4) is 0 Å². The fourth-order valence-corrected chi connectivity index (χ4v) is 2.22. The monoisotopic (exact) mass is 302 g/mol. The molecule has 0 amide bonds. The minimum absolute atomic E-state index is 0.104. The first kappa shape index (κ1) is 13.6. The van der Waals surface area contributed by atoms with Crippen molar-refractivity contribution in [3.63, 3.8) is 0 Å². The third-order valence-electron chi connectivity index (χ3n) is 2.11. The molecule has 0 saturated carbocycles. The molecule has 1 atom stereocenters. The number of hydrogen-bond acceptors (Lipinski definition) is 3. The van der Waals surface area contributed by atoms with Crippen LogP contribution in [0.4, 0.5) is 0 Å². The van der Waals surface area contributed by atoms with E-state index in [0.717, 1.165) is 16.2 Å². The zero-order valence-corrected chi connectivity index (χ0v) is 12.0. The van der Waals surface area contributed by atoms with Gasteiger partial charge in [0.2, 0.25) is 0 Å². The number of benzene rings is 1. The van der Waals surface area contributed by atoms with Crippen LogP contribution in [0, 0.1) is 0 Å². The molecule has 1 unspecified atom stereocenters. The Bertz CT molecular complexity index is 377. The fourth-order valence-electron chi connectivity index (χ4n) is 1.35. The summed E-state index contributed by atoms with van der Waals surface area (Å²) in [5, 5.41) is 0. The summed E-state index contributed by atoms with van der Waals surface area (Å²) in [6, 6.07) is 5.58. The molecule has 0 fully saturated rings. The van der Waals surface area contributed by atoms with E-state index in [1.165, 1.54) is 0 Å². The average molecular weight is 303 g/mol. The maximum absolute atomic E-state index is 11.9. The summed E-state index contributed by atoms with van der Waals surface area (Å²) in [6.45, 7) is 4.41. The van der Waals surface area contributed by atoms with Crippen molar-refractivity contribution < 1.29 is 9.53 Å². The minimum atomic E-state index is -0.156. The fraction of sp³-hybridized carbons (Fsp3) is 0.417. The van der Waals surface area contributed by atoms with Crippen LogP contribution in [0.25, 0.3) is 0 Å². The lowest BCUT2D eigenvalue weighted by Gasteiger charge is -2.10. The predicted octanol–water partition coefficient (Wildman–Crippen LogP) is 3.77. The van der Waals surface area contributed by atoms with E-state index in [4.69, 9.17) is 4.74 Å². The van der Waals surface area contributed by atoms with Crippen LogP contribution in [0.5, 0.6) is 5.75 Å². The molecule has 4 heteroatoms. The predicted molar refractivity (Wildman–Crippen MR) is 72.1 cm³/mol. The first-order chi connectivity index (χ1) is 7.60. The molecule has 0 bridgehead atoms. The number of carbonyl (C=O) groups excluding carboxylic acids is 1. The number of halogens is 1. The molecule has 0 aliphatic rings. The number of ketones is 1. The zero-order valence-electron chi connectivity index (χ0n) is 9.62. The summed E-state index contributed by atoms with van der Waals surface area (Å²) in [5.74, 6) is 0.915. The van der Waals surface area contributed by atoms with Crippen molar-refractivity contribution in [2.24, 2.45) is 0 Å². The Balaban J connectivity index is 3.06. The standard InChI is InChI=1S/C12H15BrO2S/c1-4-15-9-5-6-10(11(7-9)16-3)12(14)8(2)13/h5-8H,4H2,1-3H3. The molecular weight excluding hydrogens is 288 g/mol. The van der Waals surface area contributed by atoms with E-state index < -0.39 is 0 Å². The molecule has 1 aromatic rings. The highest BCUT2D eigenvalue weighted by molar-refractivity contribution is 9.10. The van der Waals surface area contributed by atoms with Gasteiger partial charge in [0.15, 0.2) is 5.78 Å². The Hall–Kier alpha value is -0.480. The molecule has 0 heterocycles. The van der Waals surface area contributed by atoms with Gasteiger partial charge in [0, 0.05) is 10.5 Å². The van der Waals surface area contributed by atoms with Gasteiger partial charge in [-0.25, -0.2) is 0 Å². The van der Waals surface area contributed by atoms with E-state index in [-0.39, 0.29) is 10.6 Å². The van der Waals surface area contributed by atoms with Crippen LogP contribution in [-0.4, -0.2) is 23.5 Å². The molecular formula is C12H15BrO2S. The van der Waals surface area contributed by atoms with Crippen molar-refractivity contribution >= 4 is 33.5 Å². The summed E-state index contributed by atoms with van der Waals surface area (Å²) in [4.78, 5) is 12.7. The first-order valence-electron chi connectivity index (χ1n) is 5.09. The van der Waals surface area contributed by atoms with Gasteiger partial charge in [0.1, 0.15) is 5.75 Å². The SMILES string of the molecule is CCOc1ccc(C(=O)C(C)Br)c(SC)c1. The molecule has 0 spiro atoms. The second-order valence-corrected chi connectivity index (χ2v) is 5.50. The molecule has 2 nitrogen and oxygen atoms in total. The van der Waals surface area contributed by atoms with Crippen LogP contribution in [0.2, 0.25) is 0 Å². The van der Waals surface area contributed by atoms with Gasteiger partial charge in [-0.15, -0.1) is 11.8 Å². The number of alkyl halides is 1. The number of ether oxygens (including phenoxy) is 1. The van der Waals surface area contributed by atoms with Crippen LogP contribution in [0.15, 0.2) is 23.1 Å². The number of hydrogen-bond donors (Lipinski definition) is 0. The van der Waals surface area contributed by atoms with E-state index in [0.29, 0.717) is 6.61 Å². The highest BCUT2D eigenvalue weighted by atomic mass is 79.9. The average Bonchev–Trinajstić information content (AvgIpc) is 2.28. The summed E-state index contributed by atoms with van der Waals surface area (Å²) in [6.07, 6.45) is 1.96. The van der Waals surface area contributed by atoms with Gasteiger partial charge in [0.25, 0.3) is 0 Å². The number of thioether (sulfide) groups is 1. The van der Waals surface area contributed by atoms with Gasteiger partial charge < -0.3 is 4.74 Å². The minimum Gasteiger partial charge on any atom is -0.494 e. The maximum Gasteiger partial charge on any atom is 0.177 e. The topological polar surface area (TPSA) is 26.3 Å². The van der Waals surface area contributed by atoms with Gasteiger partial charge in [-0.05, 0) is 38.3 Å². The molecule has 1 aromatic carbocycles. The first-order valence-corrected chi connectivity index (χ1v) is 7.23. The molecule has 0 saturated heterocycles. The van der Waals surface area contributed by atoms with Crippen LogP contribution in [0.1, 0.15) is 24.2 Å². The second-order valence-electron chi connectivity index (χ2n) is 3.28. The smallest absolute Gasteiger partial charge is 0.177 e. The maximum atomic E-state index is 11.9. The van der Waals surface area contributed by atoms with Crippen LogP contribution >= 0.6 is 27.7 Å². The summed E-state index contributed by atoms with van der Waals surface area (Å²) in [7, 11) is 0. The molecule has 88 valence electrons. The number of Topliss-reactive ketones (excluding diaryl/α,β-unsaturated/α-hetero) is 1. The van der Waals surface area contributed by atoms with E-state index in [2.05, 4.69) is 15.9 Å². The highest BCUT2D eigenvalue weighted by Crippen LogP contribution is 2.27. The quantitative estimate of drug-likeness (QED) is 0.470. The van der Waals surface area contributed by atoms with Crippen molar-refractivity contribution in [3.8, 4) is 5.75 Å². The van der Waals surface area contributed by atoms with E-state index in [1.54, 1.807) is 11.8 Å². The van der Waals surface area contributed by atoms with Crippen LogP contribution in [-0.2, 0) is 0 Å². The normalized spacial score (nSPS) is 12.2. The Kier molecular flexibility index (Phi) is 5.35. The lowest BCUT2D eigenvalue weighted by atomic mass is 10.1. The molecule has 1 rings (SSSR count). The van der Waals surface area contributed by atoms with Gasteiger partial charge in [-0.1, -0.05) is 15.9 Å². The second kappa shape index (κ2) is 6.30. The van der Waals surface area contributed by atoms with Gasteiger partial charge in [-0.2, -0.15) is 0 Å². The third kappa shape index (κ3) is 3.25. The highest BCUT2D eigenvalue weighted by Gasteiger charge is 2.16. The number of rotatable bonds is 5. The van der Waals surface area contributed by atoms with Gasteiger partial charge >= 0.3 is 0 Å². The zero-order chi connectivity index (χ0) is 12.1. The summed E-state index contributed by atoms with van der Waals surface area (Å²) < 4.78 is 5.41. The molecule has 0 aliphatic carbocycles.